The van der Waals surface area contributed by atoms with Crippen LogP contribution in [-0.4, -0.2) is 23.3 Å². The predicted octanol–water partition coefficient (Wildman–Crippen LogP) is 7.79. The Hall–Kier alpha value is -3.70. The molecular formula is C31H30N2O2S. The molecule has 5 aromatic rings. The van der Waals surface area contributed by atoms with Gasteiger partial charge in [0, 0.05) is 11.4 Å². The summed E-state index contributed by atoms with van der Waals surface area (Å²) in [5, 5.41) is 0.0887. The van der Waals surface area contributed by atoms with E-state index in [9.17, 15) is 0 Å². The van der Waals surface area contributed by atoms with Crippen LogP contribution in [0.4, 0.5) is 0 Å². The molecule has 4 nitrogen and oxygen atoms in total. The van der Waals surface area contributed by atoms with Gasteiger partial charge in [-0.05, 0) is 54.8 Å². The van der Waals surface area contributed by atoms with Gasteiger partial charge in [0.15, 0.2) is 11.5 Å². The first-order valence-electron chi connectivity index (χ1n) is 12.3. The Morgan fingerprint density at radius 1 is 0.750 bits per heavy atom. The highest BCUT2D eigenvalue weighted by Crippen LogP contribution is 2.41. The van der Waals surface area contributed by atoms with Crippen LogP contribution in [0.25, 0.3) is 11.0 Å². The van der Waals surface area contributed by atoms with E-state index in [1.54, 1.807) is 7.11 Å². The van der Waals surface area contributed by atoms with Gasteiger partial charge in [0.25, 0.3) is 0 Å². The van der Waals surface area contributed by atoms with Crippen LogP contribution in [0.5, 0.6) is 11.5 Å². The van der Waals surface area contributed by atoms with E-state index in [4.69, 9.17) is 14.5 Å². The molecule has 1 heterocycles. The fourth-order valence-corrected chi connectivity index (χ4v) is 5.52. The van der Waals surface area contributed by atoms with E-state index in [0.29, 0.717) is 6.61 Å². The van der Waals surface area contributed by atoms with Gasteiger partial charge in [-0.1, -0.05) is 72.8 Å². The molecule has 5 heteroatoms. The zero-order chi connectivity index (χ0) is 24.6. The maximum Gasteiger partial charge on any atom is 0.161 e. The summed E-state index contributed by atoms with van der Waals surface area (Å²) in [6.07, 6.45) is 1.92. The second kappa shape index (κ2) is 11.8. The fourth-order valence-electron chi connectivity index (χ4n) is 4.35. The van der Waals surface area contributed by atoms with Gasteiger partial charge in [0.05, 0.1) is 30.0 Å². The molecule has 0 fully saturated rings. The zero-order valence-electron chi connectivity index (χ0n) is 20.4. The molecule has 0 aliphatic heterocycles. The van der Waals surface area contributed by atoms with Crippen molar-refractivity contribution in [3.63, 3.8) is 0 Å². The Kier molecular flexibility index (Phi) is 7.89. The number of ether oxygens (including phenoxy) is 2. The maximum atomic E-state index is 6.01. The van der Waals surface area contributed by atoms with Gasteiger partial charge in [0.2, 0.25) is 0 Å². The van der Waals surface area contributed by atoms with Gasteiger partial charge in [-0.2, -0.15) is 0 Å². The lowest BCUT2D eigenvalue weighted by Gasteiger charge is -2.19. The topological polar surface area (TPSA) is 36.3 Å². The third-order valence-electron chi connectivity index (χ3n) is 6.12. The molecule has 182 valence electrons. The summed E-state index contributed by atoms with van der Waals surface area (Å²) < 4.78 is 13.8. The molecule has 0 aliphatic carbocycles. The minimum Gasteiger partial charge on any atom is -0.493 e. The summed E-state index contributed by atoms with van der Waals surface area (Å²) in [5.74, 6) is 2.64. The van der Waals surface area contributed by atoms with Crippen molar-refractivity contribution in [1.29, 1.82) is 0 Å². The summed E-state index contributed by atoms with van der Waals surface area (Å²) in [5.41, 5.74) is 3.46. The van der Waals surface area contributed by atoms with Crippen molar-refractivity contribution in [1.82, 2.24) is 9.55 Å². The molecule has 0 bridgehead atoms. The minimum atomic E-state index is 0.0887. The average molecular weight is 495 g/mol. The van der Waals surface area contributed by atoms with Crippen LogP contribution in [0.1, 0.15) is 29.5 Å². The van der Waals surface area contributed by atoms with Crippen LogP contribution >= 0.6 is 11.8 Å². The van der Waals surface area contributed by atoms with Crippen molar-refractivity contribution in [2.24, 2.45) is 0 Å². The van der Waals surface area contributed by atoms with Crippen LogP contribution in [0, 0.1) is 0 Å². The number of nitrogens with zero attached hydrogens (tertiary/aromatic N) is 2. The number of para-hydroxylation sites is 4. The van der Waals surface area contributed by atoms with E-state index in [1.807, 2.05) is 36.0 Å². The highest BCUT2D eigenvalue weighted by atomic mass is 32.2. The number of methoxy groups -OCH3 is 1. The Balaban J connectivity index is 1.38. The zero-order valence-corrected chi connectivity index (χ0v) is 21.2. The molecule has 1 unspecified atom stereocenters. The van der Waals surface area contributed by atoms with Crippen LogP contribution in [-0.2, 0) is 6.54 Å². The van der Waals surface area contributed by atoms with Crippen molar-refractivity contribution < 1.29 is 9.47 Å². The van der Waals surface area contributed by atoms with Crippen LogP contribution in [0.3, 0.4) is 0 Å². The second-order valence-electron chi connectivity index (χ2n) is 8.54. The number of unbranched alkanes of at least 4 members (excludes halogenated alkanes) is 1. The number of aryl methyl sites for hydroxylation is 1. The van der Waals surface area contributed by atoms with Crippen molar-refractivity contribution in [3.8, 4) is 11.5 Å². The Labute approximate surface area is 216 Å². The second-order valence-corrected chi connectivity index (χ2v) is 9.72. The third kappa shape index (κ3) is 5.58. The van der Waals surface area contributed by atoms with E-state index in [2.05, 4.69) is 89.5 Å². The molecule has 1 atom stereocenters. The van der Waals surface area contributed by atoms with Crippen molar-refractivity contribution >= 4 is 22.8 Å². The lowest BCUT2D eigenvalue weighted by Crippen LogP contribution is -2.10. The van der Waals surface area contributed by atoms with E-state index in [1.165, 1.54) is 16.0 Å². The minimum absolute atomic E-state index is 0.0887. The maximum absolute atomic E-state index is 6.01. The average Bonchev–Trinajstić information content (AvgIpc) is 3.31. The molecule has 36 heavy (non-hydrogen) atoms. The molecule has 1 aromatic heterocycles. The normalized spacial score (nSPS) is 11.9. The molecule has 0 amide bonds. The van der Waals surface area contributed by atoms with E-state index in [-0.39, 0.29) is 5.25 Å². The number of thioether (sulfide) groups is 1. The first kappa shape index (κ1) is 24.0. The van der Waals surface area contributed by atoms with Crippen LogP contribution in [0.15, 0.2) is 114 Å². The SMILES string of the molecule is COc1ccccc1OCCCCn1c(C(Sc2ccccc2)c2ccccc2)nc2ccccc21. The molecule has 0 radical (unpaired) electrons. The first-order valence-corrected chi connectivity index (χ1v) is 13.2. The number of fused-ring (bicyclic) bond motifs is 1. The Bertz CT molecular complexity index is 1390. The monoisotopic (exact) mass is 494 g/mol. The highest BCUT2D eigenvalue weighted by Gasteiger charge is 2.23. The molecule has 0 saturated heterocycles. The van der Waals surface area contributed by atoms with E-state index >= 15 is 0 Å². The van der Waals surface area contributed by atoms with Crippen molar-refractivity contribution in [3.05, 3.63) is 121 Å². The number of aromatic nitrogens is 2. The highest BCUT2D eigenvalue weighted by molar-refractivity contribution is 7.99. The van der Waals surface area contributed by atoms with Crippen LogP contribution < -0.4 is 9.47 Å². The van der Waals surface area contributed by atoms with Crippen LogP contribution in [0.2, 0.25) is 0 Å². The third-order valence-corrected chi connectivity index (χ3v) is 7.38. The number of hydrogen-bond donors (Lipinski definition) is 0. The lowest BCUT2D eigenvalue weighted by molar-refractivity contribution is 0.284. The summed E-state index contributed by atoms with van der Waals surface area (Å²) in [7, 11) is 1.67. The smallest absolute Gasteiger partial charge is 0.161 e. The van der Waals surface area contributed by atoms with E-state index in [0.717, 1.165) is 42.2 Å². The van der Waals surface area contributed by atoms with Gasteiger partial charge < -0.3 is 14.0 Å². The molecule has 0 N–H and O–H groups in total. The molecule has 0 saturated carbocycles. The standard InChI is InChI=1S/C31H30N2O2S/c1-34-28-20-10-11-21-29(28)35-23-13-12-22-33-27-19-9-8-18-26(27)32-31(33)30(24-14-4-2-5-15-24)36-25-16-6-3-7-17-25/h2-11,14-21,30H,12-13,22-23H2,1H3. The quantitative estimate of drug-likeness (QED) is 0.139. The Morgan fingerprint density at radius 2 is 1.42 bits per heavy atom. The molecule has 0 aliphatic rings. The summed E-state index contributed by atoms with van der Waals surface area (Å²) in [6.45, 7) is 1.52. The largest absolute Gasteiger partial charge is 0.493 e. The number of rotatable bonds is 11. The summed E-state index contributed by atoms with van der Waals surface area (Å²) in [6, 6.07) is 37.5. The lowest BCUT2D eigenvalue weighted by atomic mass is 10.1. The summed E-state index contributed by atoms with van der Waals surface area (Å²) >= 11 is 1.85. The van der Waals surface area contributed by atoms with Gasteiger partial charge in [-0.25, -0.2) is 4.98 Å². The van der Waals surface area contributed by atoms with Gasteiger partial charge in [-0.15, -0.1) is 11.8 Å². The molecule has 4 aromatic carbocycles. The fraction of sp³-hybridized carbons (Fsp3) is 0.194. The molecule has 0 spiro atoms. The van der Waals surface area contributed by atoms with Gasteiger partial charge in [0.1, 0.15) is 5.82 Å². The van der Waals surface area contributed by atoms with Crippen molar-refractivity contribution in [2.75, 3.05) is 13.7 Å². The number of imidazole rings is 1. The number of benzene rings is 4. The van der Waals surface area contributed by atoms with Gasteiger partial charge >= 0.3 is 0 Å². The Morgan fingerprint density at radius 3 is 2.19 bits per heavy atom. The summed E-state index contributed by atoms with van der Waals surface area (Å²) in [4.78, 5) is 6.38. The molecule has 5 rings (SSSR count). The molecular weight excluding hydrogens is 464 g/mol. The first-order chi connectivity index (χ1) is 17.8. The number of hydrogen-bond acceptors (Lipinski definition) is 4. The van der Waals surface area contributed by atoms with Gasteiger partial charge in [-0.3, -0.25) is 0 Å². The van der Waals surface area contributed by atoms with E-state index < -0.39 is 0 Å². The predicted molar refractivity (Wildman–Crippen MR) is 148 cm³/mol. The van der Waals surface area contributed by atoms with Crippen molar-refractivity contribution in [2.45, 2.75) is 29.5 Å².